The molecule has 0 spiro atoms. The second-order valence-electron chi connectivity index (χ2n) is 6.34. The first-order valence-corrected chi connectivity index (χ1v) is 8.56. The highest BCUT2D eigenvalue weighted by Gasteiger charge is 2.31. The average Bonchev–Trinajstić information content (AvgIpc) is 2.75. The first-order chi connectivity index (χ1) is 12.3. The maximum absolute atomic E-state index is 12.7. The van der Waals surface area contributed by atoms with Gasteiger partial charge in [0.1, 0.15) is 0 Å². The van der Waals surface area contributed by atoms with Crippen molar-refractivity contribution in [2.24, 2.45) is 5.92 Å². The van der Waals surface area contributed by atoms with Gasteiger partial charge in [0.15, 0.2) is 0 Å². The Labute approximate surface area is 150 Å². The molecule has 26 heavy (non-hydrogen) atoms. The van der Waals surface area contributed by atoms with E-state index < -0.39 is 23.6 Å². The number of carbonyl (C=O) groups is 2. The molecule has 1 unspecified atom stereocenters. The minimum absolute atomic E-state index is 0.0431. The van der Waals surface area contributed by atoms with E-state index >= 15 is 0 Å². The number of anilines is 1. The molecule has 1 aromatic carbocycles. The van der Waals surface area contributed by atoms with E-state index in [-0.39, 0.29) is 18.0 Å². The Morgan fingerprint density at radius 3 is 2.81 bits per heavy atom. The summed E-state index contributed by atoms with van der Waals surface area (Å²) in [5.41, 5.74) is -0.756. The molecule has 1 aliphatic heterocycles. The molecule has 0 saturated carbocycles. The van der Waals surface area contributed by atoms with E-state index in [1.54, 1.807) is 12.0 Å². The summed E-state index contributed by atoms with van der Waals surface area (Å²) >= 11 is 0. The molecule has 1 heterocycles. The average molecular weight is 372 g/mol. The van der Waals surface area contributed by atoms with Crippen LogP contribution in [0.5, 0.6) is 0 Å². The molecule has 1 N–H and O–H groups in total. The van der Waals surface area contributed by atoms with Crippen LogP contribution in [0.4, 0.5) is 18.9 Å². The molecule has 0 aliphatic carbocycles. The maximum Gasteiger partial charge on any atom is 0.416 e. The number of nitrogens with one attached hydrogen (secondary N) is 1. The van der Waals surface area contributed by atoms with Crippen LogP contribution in [0.3, 0.4) is 0 Å². The van der Waals surface area contributed by atoms with Crippen LogP contribution in [0.15, 0.2) is 24.3 Å². The van der Waals surface area contributed by atoms with Gasteiger partial charge in [-0.1, -0.05) is 12.5 Å². The number of hydrogen-bond acceptors (Lipinski definition) is 3. The number of amides is 2. The SMILES string of the molecule is COCCN1CCCCC(CC(=O)Nc2cccc(C(F)(F)F)c2)C1=O. The first kappa shape index (κ1) is 20.2. The van der Waals surface area contributed by atoms with E-state index in [0.29, 0.717) is 26.1 Å². The van der Waals surface area contributed by atoms with Crippen molar-refractivity contribution in [3.63, 3.8) is 0 Å². The highest BCUT2D eigenvalue weighted by Crippen LogP contribution is 2.31. The van der Waals surface area contributed by atoms with Crippen molar-refractivity contribution in [1.29, 1.82) is 0 Å². The van der Waals surface area contributed by atoms with Crippen LogP contribution in [-0.2, 0) is 20.5 Å². The van der Waals surface area contributed by atoms with Gasteiger partial charge in [-0.15, -0.1) is 0 Å². The standard InChI is InChI=1S/C18H23F3N2O3/c1-26-10-9-23-8-3-2-5-13(17(23)25)11-16(24)22-15-7-4-6-14(12-15)18(19,20)21/h4,6-7,12-13H,2-3,5,8-11H2,1H3,(H,22,24). The second kappa shape index (κ2) is 9.02. The molecule has 5 nitrogen and oxygen atoms in total. The predicted octanol–water partition coefficient (Wildman–Crippen LogP) is 3.31. The number of benzene rings is 1. The van der Waals surface area contributed by atoms with Crippen molar-refractivity contribution in [3.8, 4) is 0 Å². The third-order valence-electron chi connectivity index (χ3n) is 4.36. The highest BCUT2D eigenvalue weighted by molar-refractivity contribution is 5.94. The number of methoxy groups -OCH3 is 1. The van der Waals surface area contributed by atoms with Gasteiger partial charge in [-0.2, -0.15) is 13.2 Å². The third-order valence-corrected chi connectivity index (χ3v) is 4.36. The van der Waals surface area contributed by atoms with Gasteiger partial charge in [0, 0.05) is 38.2 Å². The topological polar surface area (TPSA) is 58.6 Å². The van der Waals surface area contributed by atoms with Gasteiger partial charge in [-0.25, -0.2) is 0 Å². The molecule has 0 radical (unpaired) electrons. The lowest BCUT2D eigenvalue weighted by Gasteiger charge is -2.23. The lowest BCUT2D eigenvalue weighted by atomic mass is 9.98. The number of carbonyl (C=O) groups excluding carboxylic acids is 2. The molecule has 8 heteroatoms. The monoisotopic (exact) mass is 372 g/mol. The number of hydrogen-bond donors (Lipinski definition) is 1. The van der Waals surface area contributed by atoms with Crippen molar-refractivity contribution in [1.82, 2.24) is 4.90 Å². The van der Waals surface area contributed by atoms with Gasteiger partial charge < -0.3 is 15.0 Å². The van der Waals surface area contributed by atoms with Crippen molar-refractivity contribution in [2.45, 2.75) is 31.9 Å². The molecule has 1 aromatic rings. The Kier molecular flexibility index (Phi) is 7.02. The van der Waals surface area contributed by atoms with Gasteiger partial charge in [-0.05, 0) is 31.0 Å². The Morgan fingerprint density at radius 2 is 2.12 bits per heavy atom. The maximum atomic E-state index is 12.7. The second-order valence-corrected chi connectivity index (χ2v) is 6.34. The van der Waals surface area contributed by atoms with Crippen LogP contribution in [-0.4, -0.2) is 43.5 Å². The van der Waals surface area contributed by atoms with E-state index in [0.717, 1.165) is 25.0 Å². The van der Waals surface area contributed by atoms with Crippen LogP contribution < -0.4 is 5.32 Å². The summed E-state index contributed by atoms with van der Waals surface area (Å²) in [6, 6.07) is 4.46. The van der Waals surface area contributed by atoms with Crippen molar-refractivity contribution in [3.05, 3.63) is 29.8 Å². The molecule has 2 amide bonds. The zero-order chi connectivity index (χ0) is 19.2. The summed E-state index contributed by atoms with van der Waals surface area (Å²) in [6.45, 7) is 1.53. The molecule has 1 aliphatic rings. The number of ether oxygens (including phenoxy) is 1. The normalized spacial score (nSPS) is 18.5. The van der Waals surface area contributed by atoms with Crippen LogP contribution in [0.25, 0.3) is 0 Å². The van der Waals surface area contributed by atoms with E-state index in [1.165, 1.54) is 12.1 Å². The van der Waals surface area contributed by atoms with E-state index in [2.05, 4.69) is 5.32 Å². The molecular weight excluding hydrogens is 349 g/mol. The molecule has 1 atom stereocenters. The fourth-order valence-electron chi connectivity index (χ4n) is 3.01. The van der Waals surface area contributed by atoms with Gasteiger partial charge in [0.25, 0.3) is 0 Å². The summed E-state index contributed by atoms with van der Waals surface area (Å²) in [7, 11) is 1.56. The largest absolute Gasteiger partial charge is 0.416 e. The number of likely N-dealkylation sites (tertiary alicyclic amines) is 1. The Balaban J connectivity index is 1.99. The Morgan fingerprint density at radius 1 is 1.35 bits per heavy atom. The molecule has 1 fully saturated rings. The lowest BCUT2D eigenvalue weighted by Crippen LogP contribution is -2.38. The Bertz CT molecular complexity index is 634. The minimum atomic E-state index is -4.47. The zero-order valence-corrected chi connectivity index (χ0v) is 14.6. The highest BCUT2D eigenvalue weighted by atomic mass is 19.4. The van der Waals surface area contributed by atoms with Crippen LogP contribution in [0.2, 0.25) is 0 Å². The van der Waals surface area contributed by atoms with E-state index in [4.69, 9.17) is 4.74 Å². The molecule has 1 saturated heterocycles. The van der Waals surface area contributed by atoms with Gasteiger partial charge in [0.05, 0.1) is 12.2 Å². The third kappa shape index (κ3) is 5.72. The van der Waals surface area contributed by atoms with E-state index in [1.807, 2.05) is 0 Å². The van der Waals surface area contributed by atoms with Crippen molar-refractivity contribution < 1.29 is 27.5 Å². The number of halogens is 3. The van der Waals surface area contributed by atoms with Gasteiger partial charge in [0.2, 0.25) is 11.8 Å². The van der Waals surface area contributed by atoms with Crippen molar-refractivity contribution >= 4 is 17.5 Å². The summed E-state index contributed by atoms with van der Waals surface area (Å²) in [6.07, 6.45) is -2.23. The quantitative estimate of drug-likeness (QED) is 0.834. The van der Waals surface area contributed by atoms with Crippen LogP contribution >= 0.6 is 0 Å². The van der Waals surface area contributed by atoms with Crippen LogP contribution in [0.1, 0.15) is 31.2 Å². The number of nitrogens with zero attached hydrogens (tertiary/aromatic N) is 1. The summed E-state index contributed by atoms with van der Waals surface area (Å²) in [4.78, 5) is 26.5. The summed E-state index contributed by atoms with van der Waals surface area (Å²) < 4.78 is 43.2. The fourth-order valence-corrected chi connectivity index (χ4v) is 3.01. The van der Waals surface area contributed by atoms with E-state index in [9.17, 15) is 22.8 Å². The predicted molar refractivity (Wildman–Crippen MR) is 90.5 cm³/mol. The van der Waals surface area contributed by atoms with Crippen molar-refractivity contribution in [2.75, 3.05) is 32.1 Å². The minimum Gasteiger partial charge on any atom is -0.383 e. The summed E-state index contributed by atoms with van der Waals surface area (Å²) in [5.74, 6) is -1.02. The molecule has 0 aromatic heterocycles. The molecule has 0 bridgehead atoms. The smallest absolute Gasteiger partial charge is 0.383 e. The van der Waals surface area contributed by atoms with Crippen LogP contribution in [0, 0.1) is 5.92 Å². The lowest BCUT2D eigenvalue weighted by molar-refractivity contribution is -0.137. The molecular formula is C18H23F3N2O3. The summed E-state index contributed by atoms with van der Waals surface area (Å²) in [5, 5.41) is 2.47. The number of alkyl halides is 3. The molecule has 144 valence electrons. The zero-order valence-electron chi connectivity index (χ0n) is 14.6. The number of rotatable bonds is 6. The fraction of sp³-hybridized carbons (Fsp3) is 0.556. The van der Waals surface area contributed by atoms with Gasteiger partial charge >= 0.3 is 6.18 Å². The first-order valence-electron chi connectivity index (χ1n) is 8.56. The Hall–Kier alpha value is -2.09. The van der Waals surface area contributed by atoms with Gasteiger partial charge in [-0.3, -0.25) is 9.59 Å². The molecule has 2 rings (SSSR count).